The lowest BCUT2D eigenvalue weighted by Crippen LogP contribution is -1.96. The highest BCUT2D eigenvalue weighted by Crippen LogP contribution is 2.00. The van der Waals surface area contributed by atoms with E-state index < -0.39 is 0 Å². The third-order valence-corrected chi connectivity index (χ3v) is 1.34. The topological polar surface area (TPSA) is 42.5 Å². The van der Waals surface area contributed by atoms with Crippen molar-refractivity contribution in [2.24, 2.45) is 10.1 Å². The van der Waals surface area contributed by atoms with Gasteiger partial charge in [0.25, 0.3) is 0 Å². The predicted molar refractivity (Wildman–Crippen MR) is 45.4 cm³/mol. The number of hydrogen-bond donors (Lipinski definition) is 0. The van der Waals surface area contributed by atoms with Crippen LogP contribution in [0.1, 0.15) is 11.5 Å². The summed E-state index contributed by atoms with van der Waals surface area (Å²) >= 11 is 0. The molecule has 1 aromatic rings. The number of aromatic nitrogens is 2. The summed E-state index contributed by atoms with van der Waals surface area (Å²) in [7, 11) is 1.70. The van der Waals surface area contributed by atoms with Gasteiger partial charge in [-0.15, -0.1) is 0 Å². The Morgan fingerprint density at radius 1 is 1.73 bits per heavy atom. The van der Waals surface area contributed by atoms with Crippen LogP contribution in [0.2, 0.25) is 0 Å². The number of rotatable bonds is 2. The number of hydrogen-bond acceptors (Lipinski definition) is 3. The van der Waals surface area contributed by atoms with Gasteiger partial charge in [0.15, 0.2) is 0 Å². The first-order chi connectivity index (χ1) is 5.29. The van der Waals surface area contributed by atoms with Gasteiger partial charge >= 0.3 is 0 Å². The fraction of sp³-hybridized carbons (Fsp3) is 0.286. The number of imidazole rings is 1. The molecule has 4 nitrogen and oxygen atoms in total. The molecular weight excluding hydrogens is 140 g/mol. The molecule has 0 aromatic carbocycles. The maximum atomic E-state index is 4.04. The van der Waals surface area contributed by atoms with E-state index in [2.05, 4.69) is 21.8 Å². The van der Waals surface area contributed by atoms with Crippen molar-refractivity contribution in [3.8, 4) is 0 Å². The van der Waals surface area contributed by atoms with Gasteiger partial charge in [-0.25, -0.2) is 9.66 Å². The highest BCUT2D eigenvalue weighted by Gasteiger charge is 2.00. The summed E-state index contributed by atoms with van der Waals surface area (Å²) in [4.78, 5) is 7.90. The molecule has 0 radical (unpaired) electrons. The molecule has 0 aliphatic rings. The van der Waals surface area contributed by atoms with Crippen LogP contribution in [-0.2, 0) is 0 Å². The van der Waals surface area contributed by atoms with E-state index in [1.165, 1.54) is 0 Å². The minimum atomic E-state index is 0.815. The Morgan fingerprint density at radius 2 is 2.45 bits per heavy atom. The van der Waals surface area contributed by atoms with Gasteiger partial charge in [0.2, 0.25) is 0 Å². The zero-order chi connectivity index (χ0) is 8.27. The summed E-state index contributed by atoms with van der Waals surface area (Å²) in [6, 6.07) is 0. The van der Waals surface area contributed by atoms with E-state index in [1.54, 1.807) is 24.1 Å². The van der Waals surface area contributed by atoms with E-state index in [0.29, 0.717) is 0 Å². The van der Waals surface area contributed by atoms with Crippen LogP contribution in [0.15, 0.2) is 16.3 Å². The van der Waals surface area contributed by atoms with Gasteiger partial charge in [-0.2, -0.15) is 5.10 Å². The lowest BCUT2D eigenvalue weighted by Gasteiger charge is -1.95. The quantitative estimate of drug-likeness (QED) is 0.572. The fourth-order valence-electron chi connectivity index (χ4n) is 0.860. The van der Waals surface area contributed by atoms with Crippen molar-refractivity contribution in [1.29, 1.82) is 0 Å². The Bertz CT molecular complexity index is 285. The lowest BCUT2D eigenvalue weighted by atomic mass is 10.5. The molecule has 4 heteroatoms. The van der Waals surface area contributed by atoms with Crippen LogP contribution in [0.4, 0.5) is 0 Å². The van der Waals surface area contributed by atoms with Crippen molar-refractivity contribution < 1.29 is 0 Å². The normalized spacial score (nSPS) is 10.7. The second-order valence-electron chi connectivity index (χ2n) is 2.07. The summed E-state index contributed by atoms with van der Waals surface area (Å²) in [6.45, 7) is 5.28. The molecule has 1 aromatic heterocycles. The summed E-state index contributed by atoms with van der Waals surface area (Å²) in [5.41, 5.74) is 0.847. The second kappa shape index (κ2) is 3.09. The van der Waals surface area contributed by atoms with Gasteiger partial charge in [-0.05, 0) is 6.92 Å². The third kappa shape index (κ3) is 1.34. The molecule has 0 spiro atoms. The van der Waals surface area contributed by atoms with E-state index in [0.717, 1.165) is 11.5 Å². The molecule has 11 heavy (non-hydrogen) atoms. The molecule has 0 atom stereocenters. The number of nitrogens with zero attached hydrogens (tertiary/aromatic N) is 4. The molecule has 0 saturated heterocycles. The van der Waals surface area contributed by atoms with Gasteiger partial charge in [0.1, 0.15) is 11.5 Å². The minimum Gasteiger partial charge on any atom is -0.294 e. The van der Waals surface area contributed by atoms with Crippen LogP contribution in [0.25, 0.3) is 0 Å². The average molecular weight is 150 g/mol. The zero-order valence-electron chi connectivity index (χ0n) is 6.65. The van der Waals surface area contributed by atoms with Crippen LogP contribution in [0.5, 0.6) is 0 Å². The van der Waals surface area contributed by atoms with Gasteiger partial charge < -0.3 is 0 Å². The van der Waals surface area contributed by atoms with E-state index >= 15 is 0 Å². The van der Waals surface area contributed by atoms with Crippen molar-refractivity contribution >= 4 is 12.9 Å². The highest BCUT2D eigenvalue weighted by molar-refractivity contribution is 5.77. The first-order valence-corrected chi connectivity index (χ1v) is 3.23. The van der Waals surface area contributed by atoms with Crippen molar-refractivity contribution in [3.63, 3.8) is 0 Å². The molecule has 0 N–H and O–H groups in total. The Morgan fingerprint density at radius 3 is 3.00 bits per heavy atom. The minimum absolute atomic E-state index is 0.815. The number of aryl methyl sites for hydroxylation is 1. The monoisotopic (exact) mass is 150 g/mol. The molecular formula is C7H10N4. The molecule has 0 saturated carbocycles. The van der Waals surface area contributed by atoms with Gasteiger partial charge in [-0.1, -0.05) is 0 Å². The first kappa shape index (κ1) is 7.65. The molecule has 0 amide bonds. The van der Waals surface area contributed by atoms with Crippen LogP contribution in [0.3, 0.4) is 0 Å². The molecule has 0 fully saturated rings. The van der Waals surface area contributed by atoms with Crippen LogP contribution in [-0.4, -0.2) is 29.6 Å². The summed E-state index contributed by atoms with van der Waals surface area (Å²) in [5, 5.41) is 3.76. The SMILES string of the molecule is C=Nn1c(C=NC)cnc1C. The molecule has 1 rings (SSSR count). The summed E-state index contributed by atoms with van der Waals surface area (Å²) in [6.07, 6.45) is 3.39. The summed E-state index contributed by atoms with van der Waals surface area (Å²) in [5.74, 6) is 0.815. The second-order valence-corrected chi connectivity index (χ2v) is 2.07. The Balaban J connectivity index is 3.15. The molecule has 0 bridgehead atoms. The van der Waals surface area contributed by atoms with Crippen molar-refractivity contribution in [2.45, 2.75) is 6.92 Å². The molecule has 58 valence electrons. The Kier molecular flexibility index (Phi) is 2.15. The van der Waals surface area contributed by atoms with Crippen LogP contribution in [0, 0.1) is 6.92 Å². The maximum Gasteiger partial charge on any atom is 0.127 e. The number of aliphatic imine (C=N–C) groups is 1. The van der Waals surface area contributed by atoms with Gasteiger partial charge in [0.05, 0.1) is 6.20 Å². The van der Waals surface area contributed by atoms with Crippen molar-refractivity contribution in [1.82, 2.24) is 9.66 Å². The highest BCUT2D eigenvalue weighted by atomic mass is 15.4. The smallest absolute Gasteiger partial charge is 0.127 e. The van der Waals surface area contributed by atoms with E-state index in [9.17, 15) is 0 Å². The standard InChI is InChI=1S/C7H10N4/c1-6-10-5-7(4-8-2)11(6)9-3/h4-5H,3H2,1-2H3. The lowest BCUT2D eigenvalue weighted by molar-refractivity contribution is 0.829. The summed E-state index contributed by atoms with van der Waals surface area (Å²) < 4.78 is 1.63. The van der Waals surface area contributed by atoms with Crippen LogP contribution >= 0.6 is 0 Å². The molecule has 0 aliphatic carbocycles. The van der Waals surface area contributed by atoms with Crippen molar-refractivity contribution in [2.75, 3.05) is 7.05 Å². The molecule has 0 aliphatic heterocycles. The van der Waals surface area contributed by atoms with Gasteiger partial charge in [0, 0.05) is 20.0 Å². The third-order valence-electron chi connectivity index (χ3n) is 1.34. The van der Waals surface area contributed by atoms with E-state index in [-0.39, 0.29) is 0 Å². The van der Waals surface area contributed by atoms with Crippen LogP contribution < -0.4 is 0 Å². The zero-order valence-corrected chi connectivity index (χ0v) is 6.65. The molecule has 1 heterocycles. The largest absolute Gasteiger partial charge is 0.294 e. The average Bonchev–Trinajstić information content (AvgIpc) is 2.33. The maximum absolute atomic E-state index is 4.04. The fourth-order valence-corrected chi connectivity index (χ4v) is 0.860. The Labute approximate surface area is 65.3 Å². The van der Waals surface area contributed by atoms with Gasteiger partial charge in [-0.3, -0.25) is 4.99 Å². The first-order valence-electron chi connectivity index (χ1n) is 3.23. The van der Waals surface area contributed by atoms with E-state index in [4.69, 9.17) is 0 Å². The van der Waals surface area contributed by atoms with E-state index in [1.807, 2.05) is 6.92 Å². The molecule has 0 unspecified atom stereocenters. The van der Waals surface area contributed by atoms with Crippen molar-refractivity contribution in [3.05, 3.63) is 17.7 Å². The Hall–Kier alpha value is -1.45. The predicted octanol–water partition coefficient (Wildman–Crippen LogP) is 0.704.